The number of aryl methyl sites for hydroxylation is 1. The van der Waals surface area contributed by atoms with E-state index in [1.165, 1.54) is 0 Å². The lowest BCUT2D eigenvalue weighted by atomic mass is 10.1. The molecule has 1 atom stereocenters. The molecule has 2 heterocycles. The largest absolute Gasteiger partial charge is 0.423 e. The molecule has 0 radical (unpaired) electrons. The van der Waals surface area contributed by atoms with Crippen molar-refractivity contribution < 1.29 is 12.8 Å². The number of para-hydroxylation sites is 2. The van der Waals surface area contributed by atoms with Crippen LogP contribution < -0.4 is 9.62 Å². The summed E-state index contributed by atoms with van der Waals surface area (Å²) in [6.07, 6.45) is 3.88. The zero-order valence-corrected chi connectivity index (χ0v) is 16.8. The highest BCUT2D eigenvalue weighted by atomic mass is 32.2. The molecule has 0 amide bonds. The first kappa shape index (κ1) is 19.0. The van der Waals surface area contributed by atoms with E-state index in [0.29, 0.717) is 17.5 Å². The standard InChI is InChI=1S/C21H25N3O3S/c1-2-6-16-10-12-18(13-11-16)28(25,26)22-15-17-7-5-14-24(17)21-23-19-8-3-4-9-20(19)27-21/h3-4,8-13,17,22H,2,5-7,14-15H2,1H3. The highest BCUT2D eigenvalue weighted by molar-refractivity contribution is 7.89. The van der Waals surface area contributed by atoms with E-state index in [9.17, 15) is 8.42 Å². The molecule has 1 aliphatic heterocycles. The first-order valence-electron chi connectivity index (χ1n) is 9.77. The zero-order chi connectivity index (χ0) is 19.6. The number of oxazole rings is 1. The number of hydrogen-bond donors (Lipinski definition) is 1. The van der Waals surface area contributed by atoms with Crippen LogP contribution in [0.3, 0.4) is 0 Å². The van der Waals surface area contributed by atoms with Crippen LogP contribution in [0.4, 0.5) is 6.01 Å². The van der Waals surface area contributed by atoms with Gasteiger partial charge in [-0.15, -0.1) is 0 Å². The van der Waals surface area contributed by atoms with Gasteiger partial charge < -0.3 is 9.32 Å². The van der Waals surface area contributed by atoms with Crippen molar-refractivity contribution in [1.29, 1.82) is 0 Å². The Morgan fingerprint density at radius 3 is 2.71 bits per heavy atom. The number of aromatic nitrogens is 1. The minimum Gasteiger partial charge on any atom is -0.423 e. The lowest BCUT2D eigenvalue weighted by Gasteiger charge is -2.23. The molecule has 4 rings (SSSR count). The van der Waals surface area contributed by atoms with E-state index >= 15 is 0 Å². The van der Waals surface area contributed by atoms with Gasteiger partial charge in [-0.2, -0.15) is 4.98 Å². The summed E-state index contributed by atoms with van der Waals surface area (Å²) >= 11 is 0. The molecule has 0 saturated carbocycles. The summed E-state index contributed by atoms with van der Waals surface area (Å²) in [5, 5.41) is 0. The fraction of sp³-hybridized carbons (Fsp3) is 0.381. The predicted octanol–water partition coefficient (Wildman–Crippen LogP) is 3.73. The molecule has 1 aromatic heterocycles. The number of nitrogens with zero attached hydrogens (tertiary/aromatic N) is 2. The Labute approximate surface area is 165 Å². The summed E-state index contributed by atoms with van der Waals surface area (Å²) in [4.78, 5) is 6.92. The van der Waals surface area contributed by atoms with Gasteiger partial charge in [-0.3, -0.25) is 0 Å². The quantitative estimate of drug-likeness (QED) is 0.655. The maximum atomic E-state index is 12.7. The number of benzene rings is 2. The highest BCUT2D eigenvalue weighted by Gasteiger charge is 2.29. The molecule has 6 nitrogen and oxygen atoms in total. The topological polar surface area (TPSA) is 75.4 Å². The third-order valence-electron chi connectivity index (χ3n) is 5.19. The highest BCUT2D eigenvalue weighted by Crippen LogP contribution is 2.28. The maximum Gasteiger partial charge on any atom is 0.298 e. The van der Waals surface area contributed by atoms with Crippen LogP contribution in [0.25, 0.3) is 11.1 Å². The van der Waals surface area contributed by atoms with E-state index in [4.69, 9.17) is 4.42 Å². The van der Waals surface area contributed by atoms with E-state index in [1.807, 2.05) is 36.4 Å². The van der Waals surface area contributed by atoms with Gasteiger partial charge in [-0.05, 0) is 49.1 Å². The fourth-order valence-corrected chi connectivity index (χ4v) is 4.77. The van der Waals surface area contributed by atoms with Crippen molar-refractivity contribution in [2.24, 2.45) is 0 Å². The van der Waals surface area contributed by atoms with Crippen molar-refractivity contribution in [1.82, 2.24) is 9.71 Å². The van der Waals surface area contributed by atoms with Crippen LogP contribution in [0, 0.1) is 0 Å². The zero-order valence-electron chi connectivity index (χ0n) is 16.0. The predicted molar refractivity (Wildman–Crippen MR) is 110 cm³/mol. The van der Waals surface area contributed by atoms with Crippen molar-refractivity contribution in [2.75, 3.05) is 18.0 Å². The van der Waals surface area contributed by atoms with Crippen LogP contribution in [0.2, 0.25) is 0 Å². The molecule has 1 N–H and O–H groups in total. The Hall–Kier alpha value is -2.38. The number of nitrogens with one attached hydrogen (secondary N) is 1. The van der Waals surface area contributed by atoms with Gasteiger partial charge in [-0.1, -0.05) is 37.6 Å². The lowest BCUT2D eigenvalue weighted by molar-refractivity contribution is 0.534. The second-order valence-electron chi connectivity index (χ2n) is 7.20. The average molecular weight is 400 g/mol. The minimum absolute atomic E-state index is 0.0298. The molecular formula is C21H25N3O3S. The Morgan fingerprint density at radius 2 is 1.96 bits per heavy atom. The first-order chi connectivity index (χ1) is 13.6. The van der Waals surface area contributed by atoms with Crippen LogP contribution in [0.15, 0.2) is 57.8 Å². The Kier molecular flexibility index (Phi) is 5.37. The van der Waals surface area contributed by atoms with Gasteiger partial charge in [0.1, 0.15) is 5.52 Å². The molecule has 1 unspecified atom stereocenters. The van der Waals surface area contributed by atoms with Gasteiger partial charge in [0.05, 0.1) is 4.90 Å². The normalized spacial score (nSPS) is 17.5. The molecule has 28 heavy (non-hydrogen) atoms. The number of fused-ring (bicyclic) bond motifs is 1. The monoisotopic (exact) mass is 399 g/mol. The second-order valence-corrected chi connectivity index (χ2v) is 8.97. The van der Waals surface area contributed by atoms with Crippen molar-refractivity contribution in [3.63, 3.8) is 0 Å². The van der Waals surface area contributed by atoms with E-state index in [1.54, 1.807) is 12.1 Å². The number of hydrogen-bond acceptors (Lipinski definition) is 5. The molecule has 0 aliphatic carbocycles. The number of sulfonamides is 1. The second kappa shape index (κ2) is 7.93. The van der Waals surface area contributed by atoms with Crippen LogP contribution in [0.5, 0.6) is 0 Å². The molecular weight excluding hydrogens is 374 g/mol. The third kappa shape index (κ3) is 3.91. The van der Waals surface area contributed by atoms with Crippen LogP contribution in [0.1, 0.15) is 31.7 Å². The van der Waals surface area contributed by atoms with E-state index in [-0.39, 0.29) is 6.04 Å². The number of rotatable bonds is 7. The van der Waals surface area contributed by atoms with Gasteiger partial charge in [0.15, 0.2) is 5.58 Å². The molecule has 1 aliphatic rings. The lowest BCUT2D eigenvalue weighted by Crippen LogP contribution is -2.40. The van der Waals surface area contributed by atoms with Gasteiger partial charge in [0.25, 0.3) is 6.01 Å². The summed E-state index contributed by atoms with van der Waals surface area (Å²) in [6.45, 7) is 3.25. The summed E-state index contributed by atoms with van der Waals surface area (Å²) < 4.78 is 34.0. The Morgan fingerprint density at radius 1 is 1.18 bits per heavy atom. The molecule has 3 aromatic rings. The molecule has 0 spiro atoms. The Balaban J connectivity index is 1.45. The van der Waals surface area contributed by atoms with Crippen molar-refractivity contribution >= 4 is 27.1 Å². The minimum atomic E-state index is -3.54. The van der Waals surface area contributed by atoms with Crippen LogP contribution in [-0.4, -0.2) is 32.5 Å². The summed E-state index contributed by atoms with van der Waals surface area (Å²) in [7, 11) is -3.54. The average Bonchev–Trinajstić information content (AvgIpc) is 3.33. The molecule has 0 bridgehead atoms. The molecule has 7 heteroatoms. The van der Waals surface area contributed by atoms with Crippen molar-refractivity contribution in [3.05, 3.63) is 54.1 Å². The molecule has 2 aromatic carbocycles. The smallest absolute Gasteiger partial charge is 0.298 e. The third-order valence-corrected chi connectivity index (χ3v) is 6.63. The van der Waals surface area contributed by atoms with Crippen LogP contribution >= 0.6 is 0 Å². The van der Waals surface area contributed by atoms with Gasteiger partial charge in [0.2, 0.25) is 10.0 Å². The number of anilines is 1. The summed E-state index contributed by atoms with van der Waals surface area (Å²) in [5.41, 5.74) is 2.71. The van der Waals surface area contributed by atoms with Crippen LogP contribution in [-0.2, 0) is 16.4 Å². The van der Waals surface area contributed by atoms with E-state index in [2.05, 4.69) is 21.5 Å². The summed E-state index contributed by atoms with van der Waals surface area (Å²) in [6, 6.07) is 15.4. The Bertz CT molecular complexity index is 1010. The molecule has 148 valence electrons. The van der Waals surface area contributed by atoms with Gasteiger partial charge >= 0.3 is 0 Å². The van der Waals surface area contributed by atoms with Gasteiger partial charge in [0, 0.05) is 19.1 Å². The SMILES string of the molecule is CCCc1ccc(S(=O)(=O)NCC2CCCN2c2nc3ccccc3o2)cc1. The van der Waals surface area contributed by atoms with Gasteiger partial charge in [-0.25, -0.2) is 13.1 Å². The van der Waals surface area contributed by atoms with Crippen molar-refractivity contribution in [3.8, 4) is 0 Å². The molecule has 1 fully saturated rings. The summed E-state index contributed by atoms with van der Waals surface area (Å²) in [5.74, 6) is 0. The first-order valence-corrected chi connectivity index (χ1v) is 11.3. The van der Waals surface area contributed by atoms with E-state index in [0.717, 1.165) is 48.9 Å². The van der Waals surface area contributed by atoms with Crippen molar-refractivity contribution in [2.45, 2.75) is 43.5 Å². The maximum absolute atomic E-state index is 12.7. The van der Waals surface area contributed by atoms with E-state index < -0.39 is 10.0 Å². The fourth-order valence-electron chi connectivity index (χ4n) is 3.70. The molecule has 1 saturated heterocycles.